The van der Waals surface area contributed by atoms with E-state index in [1.54, 1.807) is 12.1 Å². The Kier molecular flexibility index (Phi) is 6.79. The molecule has 7 nitrogen and oxygen atoms in total. The van der Waals surface area contributed by atoms with Crippen LogP contribution in [0.1, 0.15) is 6.42 Å². The van der Waals surface area contributed by atoms with Crippen LogP contribution < -0.4 is 4.74 Å². The first-order chi connectivity index (χ1) is 10.2. The molecule has 0 heterocycles. The van der Waals surface area contributed by atoms with E-state index >= 15 is 0 Å². The number of hydrogen-bond donors (Lipinski definition) is 1. The van der Waals surface area contributed by atoms with Crippen molar-refractivity contribution < 1.29 is 23.1 Å². The number of sulfonamides is 1. The second kappa shape index (κ2) is 8.11. The number of carboxylic acids is 1. The Bertz CT molecular complexity index is 584. The smallest absolute Gasteiger partial charge is 0.304 e. The van der Waals surface area contributed by atoms with Gasteiger partial charge in [-0.1, -0.05) is 0 Å². The van der Waals surface area contributed by atoms with Crippen LogP contribution >= 0.6 is 0 Å². The van der Waals surface area contributed by atoms with Crippen molar-refractivity contribution in [2.24, 2.45) is 0 Å². The molecule has 1 aromatic carbocycles. The number of carboxylic acid groups (broad SMARTS) is 1. The summed E-state index contributed by atoms with van der Waals surface area (Å²) < 4.78 is 30.5. The predicted molar refractivity (Wildman–Crippen MR) is 82.6 cm³/mol. The Morgan fingerprint density at radius 3 is 2.23 bits per heavy atom. The van der Waals surface area contributed by atoms with Crippen LogP contribution in [0.3, 0.4) is 0 Å². The van der Waals surface area contributed by atoms with Gasteiger partial charge in [0.25, 0.3) is 0 Å². The maximum Gasteiger partial charge on any atom is 0.304 e. The Labute approximate surface area is 131 Å². The van der Waals surface area contributed by atoms with Gasteiger partial charge in [0.2, 0.25) is 10.0 Å². The molecule has 0 saturated heterocycles. The van der Waals surface area contributed by atoms with E-state index in [1.807, 2.05) is 11.9 Å². The molecule has 0 aliphatic carbocycles. The maximum atomic E-state index is 11.9. The molecular weight excluding hydrogens is 308 g/mol. The molecule has 0 atom stereocenters. The molecule has 1 N–H and O–H groups in total. The summed E-state index contributed by atoms with van der Waals surface area (Å²) in [6.07, 6.45) is 0.0909. The van der Waals surface area contributed by atoms with Crippen LogP contribution in [0.4, 0.5) is 0 Å². The Hall–Kier alpha value is -1.64. The second-order valence-electron chi connectivity index (χ2n) is 5.05. The zero-order valence-electron chi connectivity index (χ0n) is 13.0. The Morgan fingerprint density at radius 1 is 1.14 bits per heavy atom. The van der Waals surface area contributed by atoms with Crippen LogP contribution in [0.25, 0.3) is 0 Å². The normalized spacial score (nSPS) is 11.9. The van der Waals surface area contributed by atoms with Crippen molar-refractivity contribution in [2.45, 2.75) is 11.3 Å². The molecule has 0 fully saturated rings. The van der Waals surface area contributed by atoms with Crippen molar-refractivity contribution in [3.05, 3.63) is 24.3 Å². The molecule has 22 heavy (non-hydrogen) atoms. The highest BCUT2D eigenvalue weighted by atomic mass is 32.2. The van der Waals surface area contributed by atoms with E-state index in [0.29, 0.717) is 25.4 Å². The largest absolute Gasteiger partial charge is 0.492 e. The van der Waals surface area contributed by atoms with Gasteiger partial charge < -0.3 is 14.7 Å². The van der Waals surface area contributed by atoms with Crippen LogP contribution in [0.5, 0.6) is 5.75 Å². The molecule has 0 aromatic heterocycles. The number of hydrogen-bond acceptors (Lipinski definition) is 5. The minimum Gasteiger partial charge on any atom is -0.492 e. The van der Waals surface area contributed by atoms with E-state index in [1.165, 1.54) is 26.2 Å². The molecule has 1 aromatic rings. The van der Waals surface area contributed by atoms with E-state index in [-0.39, 0.29) is 11.3 Å². The van der Waals surface area contributed by atoms with Crippen LogP contribution in [0, 0.1) is 0 Å². The average Bonchev–Trinajstić information content (AvgIpc) is 2.45. The van der Waals surface area contributed by atoms with E-state index in [9.17, 15) is 13.2 Å². The molecule has 0 bridgehead atoms. The molecular formula is C14H22N2O5S. The second-order valence-corrected chi connectivity index (χ2v) is 7.21. The molecule has 0 radical (unpaired) electrons. The number of likely N-dealkylation sites (N-methyl/N-ethyl adjacent to an activating group) is 1. The Balaban J connectivity index is 2.47. The van der Waals surface area contributed by atoms with Gasteiger partial charge in [-0.2, -0.15) is 0 Å². The monoisotopic (exact) mass is 330 g/mol. The molecule has 124 valence electrons. The standard InChI is InChI=1S/C14H22N2O5S/c1-15(2)22(19,20)13-6-4-12(5-7-13)21-11-10-16(3)9-8-14(17)18/h4-7H,8-11H2,1-3H3,(H,17,18). The summed E-state index contributed by atoms with van der Waals surface area (Å²) in [5.41, 5.74) is 0. The number of rotatable bonds is 9. The van der Waals surface area contributed by atoms with Crippen LogP contribution in [0.2, 0.25) is 0 Å². The zero-order chi connectivity index (χ0) is 16.8. The Morgan fingerprint density at radius 2 is 1.73 bits per heavy atom. The van der Waals surface area contributed by atoms with Crippen molar-refractivity contribution >= 4 is 16.0 Å². The molecule has 1 rings (SSSR count). The average molecular weight is 330 g/mol. The van der Waals surface area contributed by atoms with E-state index < -0.39 is 16.0 Å². The van der Waals surface area contributed by atoms with Gasteiger partial charge in [-0.25, -0.2) is 12.7 Å². The van der Waals surface area contributed by atoms with Gasteiger partial charge in [-0.15, -0.1) is 0 Å². The summed E-state index contributed by atoms with van der Waals surface area (Å²) in [7, 11) is 1.35. The van der Waals surface area contributed by atoms with E-state index in [4.69, 9.17) is 9.84 Å². The first-order valence-corrected chi connectivity index (χ1v) is 8.23. The lowest BCUT2D eigenvalue weighted by molar-refractivity contribution is -0.137. The summed E-state index contributed by atoms with van der Waals surface area (Å²) in [5.74, 6) is -0.255. The highest BCUT2D eigenvalue weighted by Crippen LogP contribution is 2.17. The van der Waals surface area contributed by atoms with Crippen molar-refractivity contribution in [3.8, 4) is 5.75 Å². The van der Waals surface area contributed by atoms with E-state index in [2.05, 4.69) is 0 Å². The third-order valence-corrected chi connectivity index (χ3v) is 4.88. The summed E-state index contributed by atoms with van der Waals surface area (Å²) in [6.45, 7) is 1.44. The van der Waals surface area contributed by atoms with Gasteiger partial charge in [0.05, 0.1) is 11.3 Å². The van der Waals surface area contributed by atoms with Crippen LogP contribution in [0.15, 0.2) is 29.2 Å². The lowest BCUT2D eigenvalue weighted by atomic mass is 10.3. The number of benzene rings is 1. The zero-order valence-corrected chi connectivity index (χ0v) is 13.8. The van der Waals surface area contributed by atoms with Crippen molar-refractivity contribution in [1.82, 2.24) is 9.21 Å². The topological polar surface area (TPSA) is 87.2 Å². The predicted octanol–water partition coefficient (Wildman–Crippen LogP) is 0.722. The first-order valence-electron chi connectivity index (χ1n) is 6.79. The molecule has 0 aliphatic heterocycles. The number of carbonyl (C=O) groups is 1. The van der Waals surface area contributed by atoms with Gasteiger partial charge >= 0.3 is 5.97 Å². The fourth-order valence-electron chi connectivity index (χ4n) is 1.64. The first kappa shape index (κ1) is 18.4. The number of aliphatic carboxylic acids is 1. The van der Waals surface area contributed by atoms with Crippen LogP contribution in [-0.4, -0.2) is 69.5 Å². The quantitative estimate of drug-likeness (QED) is 0.718. The maximum absolute atomic E-state index is 11.9. The SMILES string of the molecule is CN(CCOc1ccc(S(=O)(=O)N(C)C)cc1)CCC(=O)O. The van der Waals surface area contributed by atoms with Gasteiger partial charge in [0.1, 0.15) is 12.4 Å². The third kappa shape index (κ3) is 5.63. The summed E-state index contributed by atoms with van der Waals surface area (Å²) in [4.78, 5) is 12.5. The minimum atomic E-state index is -3.43. The lowest BCUT2D eigenvalue weighted by Gasteiger charge is -2.16. The van der Waals surface area contributed by atoms with Crippen molar-refractivity contribution in [1.29, 1.82) is 0 Å². The fraction of sp³-hybridized carbons (Fsp3) is 0.500. The molecule has 0 unspecified atom stereocenters. The molecule has 0 aliphatic rings. The number of nitrogens with zero attached hydrogens (tertiary/aromatic N) is 2. The minimum absolute atomic E-state index is 0.0909. The molecule has 0 spiro atoms. The lowest BCUT2D eigenvalue weighted by Crippen LogP contribution is -2.26. The highest BCUT2D eigenvalue weighted by Gasteiger charge is 2.16. The molecule has 0 saturated carbocycles. The van der Waals surface area contributed by atoms with Gasteiger partial charge in [0.15, 0.2) is 0 Å². The highest BCUT2D eigenvalue weighted by molar-refractivity contribution is 7.89. The summed E-state index contributed by atoms with van der Waals surface area (Å²) in [5, 5.41) is 8.59. The van der Waals surface area contributed by atoms with Crippen molar-refractivity contribution in [3.63, 3.8) is 0 Å². The molecule has 0 amide bonds. The van der Waals surface area contributed by atoms with Crippen molar-refractivity contribution in [2.75, 3.05) is 40.8 Å². The summed E-state index contributed by atoms with van der Waals surface area (Å²) in [6, 6.07) is 6.21. The third-order valence-electron chi connectivity index (χ3n) is 3.05. The number of ether oxygens (including phenoxy) is 1. The van der Waals surface area contributed by atoms with Gasteiger partial charge in [-0.05, 0) is 31.3 Å². The van der Waals surface area contributed by atoms with Crippen LogP contribution in [-0.2, 0) is 14.8 Å². The molecule has 8 heteroatoms. The fourth-order valence-corrected chi connectivity index (χ4v) is 2.54. The van der Waals surface area contributed by atoms with Gasteiger partial charge in [-0.3, -0.25) is 4.79 Å². The van der Waals surface area contributed by atoms with Gasteiger partial charge in [0, 0.05) is 27.2 Å². The van der Waals surface area contributed by atoms with E-state index in [0.717, 1.165) is 4.31 Å². The summed E-state index contributed by atoms with van der Waals surface area (Å²) >= 11 is 0.